The first-order valence-corrected chi connectivity index (χ1v) is 9.09. The molecule has 0 saturated carbocycles. The van der Waals surface area contributed by atoms with Gasteiger partial charge >= 0.3 is 0 Å². The molecular weight excluding hydrogens is 350 g/mol. The summed E-state index contributed by atoms with van der Waals surface area (Å²) in [6, 6.07) is 25.2. The van der Waals surface area contributed by atoms with Gasteiger partial charge in [-0.15, -0.1) is 0 Å². The zero-order chi connectivity index (χ0) is 19.6. The summed E-state index contributed by atoms with van der Waals surface area (Å²) in [6.07, 6.45) is 0. The fraction of sp³-hybridized carbons (Fsp3) is 0.130. The van der Waals surface area contributed by atoms with Gasteiger partial charge in [0.25, 0.3) is 11.9 Å². The molecule has 0 aliphatic carbocycles. The highest BCUT2D eigenvalue weighted by molar-refractivity contribution is 6.04. The van der Waals surface area contributed by atoms with E-state index in [1.807, 2.05) is 79.7 Å². The lowest BCUT2D eigenvalue weighted by atomic mass is 9.84. The van der Waals surface area contributed by atoms with E-state index >= 15 is 0 Å². The first-order valence-electron chi connectivity index (χ1n) is 9.09. The third kappa shape index (κ3) is 3.34. The zero-order valence-corrected chi connectivity index (χ0v) is 15.6. The van der Waals surface area contributed by atoms with Gasteiger partial charge in [0.1, 0.15) is 6.61 Å². The second-order valence-corrected chi connectivity index (χ2v) is 6.87. The number of hydrogen-bond acceptors (Lipinski definition) is 4. The van der Waals surface area contributed by atoms with Crippen molar-refractivity contribution in [1.82, 2.24) is 0 Å². The Balaban J connectivity index is 1.68. The Labute approximate surface area is 163 Å². The van der Waals surface area contributed by atoms with Crippen molar-refractivity contribution in [2.24, 2.45) is 10.7 Å². The normalized spacial score (nSPS) is 18.2. The number of nitrogens with two attached hydrogens (primary N) is 1. The van der Waals surface area contributed by atoms with Crippen LogP contribution in [0.2, 0.25) is 0 Å². The Morgan fingerprint density at radius 2 is 1.75 bits per heavy atom. The van der Waals surface area contributed by atoms with Crippen molar-refractivity contribution in [2.45, 2.75) is 12.5 Å². The smallest absolute Gasteiger partial charge is 0.283 e. The molecule has 28 heavy (non-hydrogen) atoms. The molecule has 1 amide bonds. The van der Waals surface area contributed by atoms with Crippen LogP contribution in [0.15, 0.2) is 83.9 Å². The van der Waals surface area contributed by atoms with Crippen LogP contribution in [-0.2, 0) is 10.3 Å². The van der Waals surface area contributed by atoms with Crippen LogP contribution in [-0.4, -0.2) is 18.5 Å². The predicted molar refractivity (Wildman–Crippen MR) is 110 cm³/mol. The topological polar surface area (TPSA) is 76.7 Å². The number of rotatable bonds is 4. The Morgan fingerprint density at radius 3 is 2.46 bits per heavy atom. The third-order valence-corrected chi connectivity index (χ3v) is 4.86. The number of carbonyl (C=O) groups excluding carboxylic acids is 1. The molecule has 5 heteroatoms. The van der Waals surface area contributed by atoms with Gasteiger partial charge in [-0.25, -0.2) is 4.99 Å². The van der Waals surface area contributed by atoms with E-state index in [2.05, 4.69) is 10.3 Å². The summed E-state index contributed by atoms with van der Waals surface area (Å²) >= 11 is 0. The van der Waals surface area contributed by atoms with Gasteiger partial charge in [-0.2, -0.15) is 0 Å². The van der Waals surface area contributed by atoms with E-state index < -0.39 is 5.54 Å². The van der Waals surface area contributed by atoms with Crippen molar-refractivity contribution >= 4 is 17.6 Å². The molecule has 5 nitrogen and oxygen atoms in total. The number of amides is 1. The highest BCUT2D eigenvalue weighted by Crippen LogP contribution is 2.38. The van der Waals surface area contributed by atoms with Crippen LogP contribution in [0.1, 0.15) is 27.0 Å². The van der Waals surface area contributed by atoms with Crippen molar-refractivity contribution < 1.29 is 9.53 Å². The Bertz CT molecular complexity index is 1050. The van der Waals surface area contributed by atoms with Crippen molar-refractivity contribution in [3.8, 4) is 0 Å². The number of nitrogens with zero attached hydrogens (tertiary/aromatic N) is 1. The van der Waals surface area contributed by atoms with Gasteiger partial charge in [-0.1, -0.05) is 60.2 Å². The van der Waals surface area contributed by atoms with Gasteiger partial charge in [0, 0.05) is 11.3 Å². The summed E-state index contributed by atoms with van der Waals surface area (Å²) < 4.78 is 5.52. The number of amidine groups is 1. The highest BCUT2D eigenvalue weighted by Gasteiger charge is 2.40. The molecule has 0 fully saturated rings. The summed E-state index contributed by atoms with van der Waals surface area (Å²) in [7, 11) is 0. The number of hydrogen-bond donors (Lipinski definition) is 2. The molecule has 0 aromatic heterocycles. The number of anilines is 1. The molecule has 3 aromatic rings. The van der Waals surface area contributed by atoms with E-state index in [4.69, 9.17) is 10.5 Å². The molecule has 1 unspecified atom stereocenters. The zero-order valence-electron chi connectivity index (χ0n) is 15.6. The van der Waals surface area contributed by atoms with E-state index in [1.54, 1.807) is 6.07 Å². The predicted octanol–water partition coefficient (Wildman–Crippen LogP) is 3.84. The van der Waals surface area contributed by atoms with E-state index in [1.165, 1.54) is 0 Å². The van der Waals surface area contributed by atoms with Gasteiger partial charge in [0.05, 0.1) is 0 Å². The molecule has 140 valence electrons. The van der Waals surface area contributed by atoms with Crippen molar-refractivity contribution in [3.05, 3.63) is 101 Å². The van der Waals surface area contributed by atoms with Crippen LogP contribution >= 0.6 is 0 Å². The lowest BCUT2D eigenvalue weighted by molar-refractivity contribution is 0.102. The molecule has 0 radical (unpaired) electrons. The molecular formula is C23H21N3O2. The van der Waals surface area contributed by atoms with Gasteiger partial charge in [0.2, 0.25) is 0 Å². The maximum Gasteiger partial charge on any atom is 0.283 e. The van der Waals surface area contributed by atoms with Crippen LogP contribution in [0.25, 0.3) is 0 Å². The third-order valence-electron chi connectivity index (χ3n) is 4.86. The molecule has 3 N–H and O–H groups in total. The first-order chi connectivity index (χ1) is 13.6. The molecule has 1 aliphatic rings. The number of aliphatic imine (C=N–C) groups is 1. The largest absolute Gasteiger partial charge is 0.462 e. The molecule has 0 saturated heterocycles. The molecule has 0 bridgehead atoms. The Morgan fingerprint density at radius 1 is 1.00 bits per heavy atom. The fourth-order valence-electron chi connectivity index (χ4n) is 3.45. The fourth-order valence-corrected chi connectivity index (χ4v) is 3.45. The van der Waals surface area contributed by atoms with Gasteiger partial charge in [-0.05, 0) is 42.3 Å². The minimum Gasteiger partial charge on any atom is -0.462 e. The van der Waals surface area contributed by atoms with Crippen molar-refractivity contribution in [3.63, 3.8) is 0 Å². The van der Waals surface area contributed by atoms with Crippen LogP contribution < -0.4 is 11.1 Å². The molecule has 3 aromatic carbocycles. The van der Waals surface area contributed by atoms with Crippen molar-refractivity contribution in [1.29, 1.82) is 0 Å². The minimum atomic E-state index is -0.727. The molecule has 1 aliphatic heterocycles. The monoisotopic (exact) mass is 371 g/mol. The van der Waals surface area contributed by atoms with E-state index in [-0.39, 0.29) is 11.9 Å². The number of ether oxygens (including phenoxy) is 1. The van der Waals surface area contributed by atoms with Crippen LogP contribution in [0, 0.1) is 6.92 Å². The summed E-state index contributed by atoms with van der Waals surface area (Å²) in [5, 5.41) is 2.97. The average Bonchev–Trinajstić information content (AvgIpc) is 3.12. The summed E-state index contributed by atoms with van der Waals surface area (Å²) in [6.45, 7) is 2.28. The lowest BCUT2D eigenvalue weighted by Crippen LogP contribution is -2.27. The summed E-state index contributed by atoms with van der Waals surface area (Å²) in [5.41, 5.74) is 9.37. The standard InChI is InChI=1S/C23H21N3O2/c1-16-7-5-8-17(13-16)21(27)25-20-12-6-11-19(14-20)23(15-28-22(24)26-23)18-9-3-2-4-10-18/h2-14H,15H2,1H3,(H2,24,26)(H,25,27). The van der Waals surface area contributed by atoms with E-state index in [0.29, 0.717) is 17.9 Å². The first kappa shape index (κ1) is 17.8. The van der Waals surface area contributed by atoms with Crippen LogP contribution in [0.5, 0.6) is 0 Å². The van der Waals surface area contributed by atoms with Gasteiger partial charge < -0.3 is 15.8 Å². The van der Waals surface area contributed by atoms with Crippen molar-refractivity contribution in [2.75, 3.05) is 11.9 Å². The number of carbonyl (C=O) groups is 1. The van der Waals surface area contributed by atoms with E-state index in [9.17, 15) is 4.79 Å². The molecule has 0 spiro atoms. The number of aryl methyl sites for hydroxylation is 1. The maximum atomic E-state index is 12.6. The second kappa shape index (κ2) is 7.19. The molecule has 1 heterocycles. The Hall–Kier alpha value is -3.60. The summed E-state index contributed by atoms with van der Waals surface area (Å²) in [5.74, 6) is -0.153. The minimum absolute atomic E-state index is 0.153. The highest BCUT2D eigenvalue weighted by atomic mass is 16.5. The lowest BCUT2D eigenvalue weighted by Gasteiger charge is -2.25. The van der Waals surface area contributed by atoms with Gasteiger partial charge in [0.15, 0.2) is 5.54 Å². The Kier molecular flexibility index (Phi) is 4.57. The van der Waals surface area contributed by atoms with Crippen LogP contribution in [0.3, 0.4) is 0 Å². The number of benzene rings is 3. The summed E-state index contributed by atoms with van der Waals surface area (Å²) in [4.78, 5) is 17.2. The maximum absolute atomic E-state index is 12.6. The number of nitrogens with one attached hydrogen (secondary N) is 1. The SMILES string of the molecule is Cc1cccc(C(=O)Nc2cccc(C3(c4ccccc4)COC(N)=N3)c2)c1. The molecule has 1 atom stereocenters. The average molecular weight is 371 g/mol. The van der Waals surface area contributed by atoms with Crippen LogP contribution in [0.4, 0.5) is 5.69 Å². The second-order valence-electron chi connectivity index (χ2n) is 6.87. The quantitative estimate of drug-likeness (QED) is 0.732. The van der Waals surface area contributed by atoms with E-state index in [0.717, 1.165) is 16.7 Å². The van der Waals surface area contributed by atoms with Gasteiger partial charge in [-0.3, -0.25) is 4.79 Å². The molecule has 4 rings (SSSR count).